The highest BCUT2D eigenvalue weighted by atomic mass is 16.5. The van der Waals surface area contributed by atoms with Crippen molar-refractivity contribution in [2.45, 2.75) is 19.5 Å². The highest BCUT2D eigenvalue weighted by Gasteiger charge is 2.41. The van der Waals surface area contributed by atoms with Crippen molar-refractivity contribution in [1.29, 1.82) is 0 Å². The van der Waals surface area contributed by atoms with E-state index < -0.39 is 0 Å². The van der Waals surface area contributed by atoms with Crippen LogP contribution in [0.25, 0.3) is 0 Å². The number of carbonyl (C=O) groups is 1. The smallest absolute Gasteiger partial charge is 0.324 e. The molecule has 2 unspecified atom stereocenters. The molecule has 1 saturated heterocycles. The number of nitrogens with zero attached hydrogens (tertiary/aromatic N) is 2. The maximum absolute atomic E-state index is 11.3. The number of hydrogen-bond acceptors (Lipinski definition) is 4. The lowest BCUT2D eigenvalue weighted by atomic mass is 10.3. The monoisotopic (exact) mass is 206 g/mol. The summed E-state index contributed by atoms with van der Waals surface area (Å²) in [6.07, 6.45) is 1.76. The molecule has 0 radical (unpaired) electrons. The van der Waals surface area contributed by atoms with Crippen molar-refractivity contribution in [3.63, 3.8) is 0 Å². The van der Waals surface area contributed by atoms with E-state index in [2.05, 4.69) is 4.98 Å². The molecule has 0 saturated carbocycles. The first kappa shape index (κ1) is 10.1. The zero-order valence-corrected chi connectivity index (χ0v) is 8.72. The zero-order chi connectivity index (χ0) is 10.7. The summed E-state index contributed by atoms with van der Waals surface area (Å²) in [5, 5.41) is 0. The van der Waals surface area contributed by atoms with E-state index in [0.29, 0.717) is 6.61 Å². The third-order valence-corrected chi connectivity index (χ3v) is 2.36. The minimum atomic E-state index is -0.117. The molecule has 4 nitrogen and oxygen atoms in total. The Morgan fingerprint density at radius 3 is 3.20 bits per heavy atom. The van der Waals surface area contributed by atoms with Gasteiger partial charge in [0.15, 0.2) is 0 Å². The average molecular weight is 206 g/mol. The van der Waals surface area contributed by atoms with Crippen LogP contribution in [-0.4, -0.2) is 35.0 Å². The predicted octanol–water partition coefficient (Wildman–Crippen LogP) is 0.829. The van der Waals surface area contributed by atoms with E-state index in [9.17, 15) is 4.79 Å². The third-order valence-electron chi connectivity index (χ3n) is 2.36. The third kappa shape index (κ3) is 2.53. The number of pyridine rings is 1. The van der Waals surface area contributed by atoms with E-state index in [1.54, 1.807) is 6.20 Å². The summed E-state index contributed by atoms with van der Waals surface area (Å²) in [6.45, 7) is 3.79. The van der Waals surface area contributed by atoms with Crippen LogP contribution in [0, 0.1) is 0 Å². The Labute approximate surface area is 88.9 Å². The fourth-order valence-corrected chi connectivity index (χ4v) is 1.51. The highest BCUT2D eigenvalue weighted by Crippen LogP contribution is 2.21. The molecule has 2 heterocycles. The molecule has 80 valence electrons. The van der Waals surface area contributed by atoms with Gasteiger partial charge >= 0.3 is 5.97 Å². The Hall–Kier alpha value is -1.42. The highest BCUT2D eigenvalue weighted by molar-refractivity contribution is 5.79. The van der Waals surface area contributed by atoms with Crippen molar-refractivity contribution in [3.8, 4) is 0 Å². The summed E-state index contributed by atoms with van der Waals surface area (Å²) in [4.78, 5) is 17.6. The summed E-state index contributed by atoms with van der Waals surface area (Å²) < 4.78 is 4.93. The van der Waals surface area contributed by atoms with E-state index in [1.165, 1.54) is 0 Å². The lowest BCUT2D eigenvalue weighted by molar-refractivity contribution is -0.143. The fourth-order valence-electron chi connectivity index (χ4n) is 1.51. The molecule has 1 aliphatic rings. The van der Waals surface area contributed by atoms with Crippen molar-refractivity contribution in [1.82, 2.24) is 9.88 Å². The van der Waals surface area contributed by atoms with Crippen LogP contribution in [0.2, 0.25) is 0 Å². The largest absolute Gasteiger partial charge is 0.465 e. The second-order valence-corrected chi connectivity index (χ2v) is 3.52. The van der Waals surface area contributed by atoms with Crippen molar-refractivity contribution in [2.75, 3.05) is 13.2 Å². The van der Waals surface area contributed by atoms with Gasteiger partial charge in [-0.2, -0.15) is 0 Å². The molecular formula is C11H14N2O2. The number of carbonyl (C=O) groups excluding carboxylic acids is 1. The number of aromatic nitrogens is 1. The van der Waals surface area contributed by atoms with Crippen LogP contribution in [0.5, 0.6) is 0 Å². The van der Waals surface area contributed by atoms with Gasteiger partial charge in [-0.3, -0.25) is 14.7 Å². The van der Waals surface area contributed by atoms with Gasteiger partial charge in [0.25, 0.3) is 0 Å². The molecule has 1 fully saturated rings. The lowest BCUT2D eigenvalue weighted by Crippen LogP contribution is -2.16. The summed E-state index contributed by atoms with van der Waals surface area (Å²) in [5.41, 5.74) is 0.990. The van der Waals surface area contributed by atoms with Crippen molar-refractivity contribution >= 4 is 5.97 Å². The number of hydrogen-bond donors (Lipinski definition) is 0. The minimum absolute atomic E-state index is 0.0491. The minimum Gasteiger partial charge on any atom is -0.465 e. The second kappa shape index (κ2) is 4.40. The molecule has 2 atom stereocenters. The molecule has 4 heteroatoms. The van der Waals surface area contributed by atoms with Crippen LogP contribution in [0.3, 0.4) is 0 Å². The van der Waals surface area contributed by atoms with Crippen LogP contribution < -0.4 is 0 Å². The first-order valence-electron chi connectivity index (χ1n) is 5.12. The van der Waals surface area contributed by atoms with Crippen LogP contribution >= 0.6 is 0 Å². The zero-order valence-electron chi connectivity index (χ0n) is 8.72. The van der Waals surface area contributed by atoms with Crippen molar-refractivity contribution < 1.29 is 9.53 Å². The quantitative estimate of drug-likeness (QED) is 0.540. The van der Waals surface area contributed by atoms with Gasteiger partial charge in [-0.05, 0) is 19.1 Å². The molecule has 1 aromatic rings. The SMILES string of the molecule is CCOC(=O)C1CN1Cc1ccccn1. The number of rotatable bonds is 4. The van der Waals surface area contributed by atoms with Crippen LogP contribution in [0.15, 0.2) is 24.4 Å². The molecule has 0 amide bonds. The standard InChI is InChI=1S/C11H14N2O2/c1-2-15-11(14)10-8-13(10)7-9-5-3-4-6-12-9/h3-6,10H,2,7-8H2,1H3. The molecule has 0 spiro atoms. The van der Waals surface area contributed by atoms with Crippen molar-refractivity contribution in [2.24, 2.45) is 0 Å². The van der Waals surface area contributed by atoms with E-state index >= 15 is 0 Å². The molecule has 0 aromatic carbocycles. The predicted molar refractivity (Wildman–Crippen MR) is 55.1 cm³/mol. The van der Waals surface area contributed by atoms with Crippen LogP contribution in [0.4, 0.5) is 0 Å². The van der Waals surface area contributed by atoms with Gasteiger partial charge in [0.05, 0.1) is 12.3 Å². The summed E-state index contributed by atoms with van der Waals surface area (Å²) in [7, 11) is 0. The Kier molecular flexibility index (Phi) is 2.97. The van der Waals surface area contributed by atoms with Gasteiger partial charge in [-0.25, -0.2) is 0 Å². The fraction of sp³-hybridized carbons (Fsp3) is 0.455. The summed E-state index contributed by atoms with van der Waals surface area (Å²) >= 11 is 0. The first-order valence-corrected chi connectivity index (χ1v) is 5.12. The number of esters is 1. The normalized spacial score (nSPS) is 23.5. The molecule has 0 aliphatic carbocycles. The molecule has 2 rings (SSSR count). The average Bonchev–Trinajstić information content (AvgIpc) is 2.99. The Balaban J connectivity index is 1.83. The Bertz CT molecular complexity index is 340. The lowest BCUT2D eigenvalue weighted by Gasteiger charge is -2.02. The number of ether oxygens (including phenoxy) is 1. The van der Waals surface area contributed by atoms with E-state index in [1.807, 2.05) is 30.0 Å². The molecule has 0 N–H and O–H groups in total. The topological polar surface area (TPSA) is 42.2 Å². The summed E-state index contributed by atoms with van der Waals surface area (Å²) in [5.74, 6) is -0.117. The van der Waals surface area contributed by atoms with Gasteiger partial charge in [-0.15, -0.1) is 0 Å². The van der Waals surface area contributed by atoms with Gasteiger partial charge in [0.2, 0.25) is 0 Å². The summed E-state index contributed by atoms with van der Waals surface area (Å²) in [6, 6.07) is 5.74. The van der Waals surface area contributed by atoms with E-state index in [0.717, 1.165) is 18.8 Å². The molecule has 15 heavy (non-hydrogen) atoms. The van der Waals surface area contributed by atoms with E-state index in [4.69, 9.17) is 4.74 Å². The van der Waals surface area contributed by atoms with Crippen molar-refractivity contribution in [3.05, 3.63) is 30.1 Å². The Morgan fingerprint density at radius 1 is 1.67 bits per heavy atom. The van der Waals surface area contributed by atoms with Crippen LogP contribution in [-0.2, 0) is 16.1 Å². The van der Waals surface area contributed by atoms with Gasteiger partial charge in [-0.1, -0.05) is 6.07 Å². The molecular weight excluding hydrogens is 192 g/mol. The van der Waals surface area contributed by atoms with Crippen LogP contribution in [0.1, 0.15) is 12.6 Å². The van der Waals surface area contributed by atoms with E-state index in [-0.39, 0.29) is 12.0 Å². The van der Waals surface area contributed by atoms with Gasteiger partial charge in [0.1, 0.15) is 6.04 Å². The first-order chi connectivity index (χ1) is 7.31. The maximum atomic E-state index is 11.3. The maximum Gasteiger partial charge on any atom is 0.324 e. The van der Waals surface area contributed by atoms with Gasteiger partial charge in [0, 0.05) is 19.3 Å². The second-order valence-electron chi connectivity index (χ2n) is 3.52. The molecule has 1 aliphatic heterocycles. The Morgan fingerprint density at radius 2 is 2.53 bits per heavy atom. The van der Waals surface area contributed by atoms with Gasteiger partial charge < -0.3 is 4.74 Å². The molecule has 0 bridgehead atoms. The molecule has 1 aromatic heterocycles.